The molecule has 2 fully saturated rings. The molecule has 1 aliphatic carbocycles. The van der Waals surface area contributed by atoms with Crippen molar-refractivity contribution < 1.29 is 9.59 Å². The molecule has 0 bridgehead atoms. The first-order valence-electron chi connectivity index (χ1n) is 7.77. The first kappa shape index (κ1) is 15.3. The molecule has 1 heterocycles. The second-order valence-corrected chi connectivity index (χ2v) is 6.41. The topological polar surface area (TPSA) is 52.7 Å². The van der Waals surface area contributed by atoms with E-state index in [-0.39, 0.29) is 23.8 Å². The second kappa shape index (κ2) is 6.57. The van der Waals surface area contributed by atoms with E-state index in [0.29, 0.717) is 0 Å². The Kier molecular flexibility index (Phi) is 5.02. The zero-order valence-corrected chi connectivity index (χ0v) is 12.8. The zero-order chi connectivity index (χ0) is 14.6. The van der Waals surface area contributed by atoms with E-state index in [2.05, 4.69) is 12.2 Å². The number of hydrogen-bond acceptors (Lipinski definition) is 3. The van der Waals surface area contributed by atoms with Crippen molar-refractivity contribution in [1.29, 1.82) is 0 Å². The van der Waals surface area contributed by atoms with Gasteiger partial charge in [-0.1, -0.05) is 26.2 Å². The molecule has 1 aliphatic heterocycles. The number of carbonyl (C=O) groups is 2. The highest BCUT2D eigenvalue weighted by Crippen LogP contribution is 2.37. The fraction of sp³-hybridized carbons (Fsp3) is 0.867. The molecule has 0 aromatic carbocycles. The second-order valence-electron chi connectivity index (χ2n) is 6.41. The Bertz CT molecular complexity index is 358. The van der Waals surface area contributed by atoms with Crippen molar-refractivity contribution in [2.75, 3.05) is 39.8 Å². The van der Waals surface area contributed by atoms with Gasteiger partial charge in [-0.15, -0.1) is 0 Å². The van der Waals surface area contributed by atoms with Gasteiger partial charge < -0.3 is 15.1 Å². The summed E-state index contributed by atoms with van der Waals surface area (Å²) in [5.74, 6) is 0.211. The van der Waals surface area contributed by atoms with E-state index in [1.807, 2.05) is 4.90 Å². The minimum Gasteiger partial charge on any atom is -0.339 e. The molecule has 5 nitrogen and oxygen atoms in total. The van der Waals surface area contributed by atoms with Crippen LogP contribution >= 0.6 is 0 Å². The van der Waals surface area contributed by atoms with Crippen molar-refractivity contribution in [3.8, 4) is 0 Å². The number of piperazine rings is 1. The first-order chi connectivity index (χ1) is 9.53. The predicted molar refractivity (Wildman–Crippen MR) is 78.3 cm³/mol. The van der Waals surface area contributed by atoms with Crippen LogP contribution in [-0.2, 0) is 9.59 Å². The van der Waals surface area contributed by atoms with Crippen LogP contribution in [0.4, 0.5) is 0 Å². The van der Waals surface area contributed by atoms with Crippen LogP contribution in [0.1, 0.15) is 39.0 Å². The van der Waals surface area contributed by atoms with E-state index >= 15 is 0 Å². The van der Waals surface area contributed by atoms with E-state index in [0.717, 1.165) is 51.9 Å². The van der Waals surface area contributed by atoms with Gasteiger partial charge in [0.05, 0.1) is 6.54 Å². The summed E-state index contributed by atoms with van der Waals surface area (Å²) in [6.45, 7) is 5.47. The minimum atomic E-state index is -0.253. The lowest BCUT2D eigenvalue weighted by molar-refractivity contribution is -0.146. The van der Waals surface area contributed by atoms with Crippen LogP contribution in [0.5, 0.6) is 0 Å². The average molecular weight is 281 g/mol. The Balaban J connectivity index is 1.88. The molecule has 0 atom stereocenters. The van der Waals surface area contributed by atoms with Crippen LogP contribution < -0.4 is 5.32 Å². The molecule has 114 valence electrons. The summed E-state index contributed by atoms with van der Waals surface area (Å²) in [6, 6.07) is 0. The van der Waals surface area contributed by atoms with Crippen molar-refractivity contribution in [3.05, 3.63) is 0 Å². The van der Waals surface area contributed by atoms with Crippen LogP contribution in [0.15, 0.2) is 0 Å². The summed E-state index contributed by atoms with van der Waals surface area (Å²) in [4.78, 5) is 28.3. The molecule has 0 aromatic rings. The van der Waals surface area contributed by atoms with E-state index in [1.54, 1.807) is 11.9 Å². The fourth-order valence-corrected chi connectivity index (χ4v) is 3.30. The van der Waals surface area contributed by atoms with Crippen LogP contribution in [-0.4, -0.2) is 61.4 Å². The number of hydrogen-bond donors (Lipinski definition) is 1. The summed E-state index contributed by atoms with van der Waals surface area (Å²) in [5.41, 5.74) is -0.253. The molecule has 1 saturated carbocycles. The Morgan fingerprint density at radius 2 is 1.75 bits per heavy atom. The first-order valence-corrected chi connectivity index (χ1v) is 7.77. The molecule has 0 spiro atoms. The number of carbonyl (C=O) groups excluding carboxylic acids is 2. The van der Waals surface area contributed by atoms with Crippen molar-refractivity contribution in [2.45, 2.75) is 39.0 Å². The average Bonchev–Trinajstić information content (AvgIpc) is 2.48. The molecule has 2 amide bonds. The van der Waals surface area contributed by atoms with Gasteiger partial charge in [0.25, 0.3) is 0 Å². The van der Waals surface area contributed by atoms with E-state index < -0.39 is 0 Å². The van der Waals surface area contributed by atoms with Crippen molar-refractivity contribution in [1.82, 2.24) is 15.1 Å². The molecule has 0 radical (unpaired) electrons. The Hall–Kier alpha value is -1.10. The molecule has 1 N–H and O–H groups in total. The van der Waals surface area contributed by atoms with Crippen molar-refractivity contribution in [3.63, 3.8) is 0 Å². The van der Waals surface area contributed by atoms with E-state index in [9.17, 15) is 9.59 Å². The number of amides is 2. The Morgan fingerprint density at radius 3 is 2.35 bits per heavy atom. The number of nitrogens with zero attached hydrogens (tertiary/aromatic N) is 2. The van der Waals surface area contributed by atoms with Gasteiger partial charge in [0.1, 0.15) is 0 Å². The molecular weight excluding hydrogens is 254 g/mol. The largest absolute Gasteiger partial charge is 0.339 e. The smallest absolute Gasteiger partial charge is 0.242 e. The van der Waals surface area contributed by atoms with Gasteiger partial charge in [-0.2, -0.15) is 0 Å². The maximum absolute atomic E-state index is 12.6. The van der Waals surface area contributed by atoms with Gasteiger partial charge in [0.2, 0.25) is 11.8 Å². The normalized spacial score (nSPS) is 22.4. The molecule has 20 heavy (non-hydrogen) atoms. The lowest BCUT2D eigenvalue weighted by Gasteiger charge is -2.36. The molecule has 0 aromatic heterocycles. The fourth-order valence-electron chi connectivity index (χ4n) is 3.30. The molecule has 2 rings (SSSR count). The van der Waals surface area contributed by atoms with Crippen LogP contribution in [0.2, 0.25) is 0 Å². The van der Waals surface area contributed by atoms with Gasteiger partial charge in [-0.05, 0) is 12.8 Å². The maximum atomic E-state index is 12.6. The highest BCUT2D eigenvalue weighted by atomic mass is 16.2. The monoisotopic (exact) mass is 281 g/mol. The number of likely N-dealkylation sites (N-methyl/N-ethyl adjacent to an activating group) is 1. The molecule has 2 aliphatic rings. The van der Waals surface area contributed by atoms with Crippen LogP contribution in [0.3, 0.4) is 0 Å². The Morgan fingerprint density at radius 1 is 1.15 bits per heavy atom. The number of nitrogens with one attached hydrogen (secondary N) is 1. The van der Waals surface area contributed by atoms with Crippen LogP contribution in [0.25, 0.3) is 0 Å². The highest BCUT2D eigenvalue weighted by molar-refractivity contribution is 5.87. The Labute approximate surface area is 121 Å². The van der Waals surface area contributed by atoms with Crippen molar-refractivity contribution in [2.24, 2.45) is 5.41 Å². The standard InChI is InChI=1S/C15H27N3O2/c1-15(6-4-3-5-7-15)14(20)17(2)12-13(19)18-10-8-16-9-11-18/h16H,3-12H2,1-2H3. The third-order valence-electron chi connectivity index (χ3n) is 4.66. The zero-order valence-electron chi connectivity index (χ0n) is 12.8. The lowest BCUT2D eigenvalue weighted by atomic mass is 9.75. The third kappa shape index (κ3) is 3.51. The molecule has 1 saturated heterocycles. The summed E-state index contributed by atoms with van der Waals surface area (Å²) in [7, 11) is 1.77. The lowest BCUT2D eigenvalue weighted by Crippen LogP contribution is -2.51. The SMILES string of the molecule is CN(CC(=O)N1CCNCC1)C(=O)C1(C)CCCCC1. The summed E-state index contributed by atoms with van der Waals surface area (Å²) in [6.07, 6.45) is 5.39. The third-order valence-corrected chi connectivity index (χ3v) is 4.66. The summed E-state index contributed by atoms with van der Waals surface area (Å²) >= 11 is 0. The minimum absolute atomic E-state index is 0.0711. The van der Waals surface area contributed by atoms with Crippen LogP contribution in [0, 0.1) is 5.41 Å². The van der Waals surface area contributed by atoms with Gasteiger partial charge >= 0.3 is 0 Å². The highest BCUT2D eigenvalue weighted by Gasteiger charge is 2.37. The van der Waals surface area contributed by atoms with Gasteiger partial charge in [0, 0.05) is 38.6 Å². The van der Waals surface area contributed by atoms with Gasteiger partial charge in [-0.3, -0.25) is 9.59 Å². The van der Waals surface area contributed by atoms with Gasteiger partial charge in [-0.25, -0.2) is 0 Å². The maximum Gasteiger partial charge on any atom is 0.242 e. The molecule has 0 unspecified atom stereocenters. The molecular formula is C15H27N3O2. The molecule has 5 heteroatoms. The quantitative estimate of drug-likeness (QED) is 0.834. The number of rotatable bonds is 3. The summed E-state index contributed by atoms with van der Waals surface area (Å²) < 4.78 is 0. The summed E-state index contributed by atoms with van der Waals surface area (Å²) in [5, 5.41) is 3.23. The van der Waals surface area contributed by atoms with E-state index in [4.69, 9.17) is 0 Å². The predicted octanol–water partition coefficient (Wildman–Crippen LogP) is 0.847. The van der Waals surface area contributed by atoms with Gasteiger partial charge in [0.15, 0.2) is 0 Å². The van der Waals surface area contributed by atoms with Crippen molar-refractivity contribution >= 4 is 11.8 Å². The van der Waals surface area contributed by atoms with E-state index in [1.165, 1.54) is 6.42 Å².